The average molecular weight is 186 g/mol. The summed E-state index contributed by atoms with van der Waals surface area (Å²) >= 11 is 5.67. The fraction of sp³-hybridized carbons (Fsp3) is 0.750. The van der Waals surface area contributed by atoms with Crippen LogP contribution in [0.1, 0.15) is 24.5 Å². The molecule has 1 aromatic heterocycles. The molecule has 1 saturated carbocycles. The molecule has 0 bridgehead atoms. The van der Waals surface area contributed by atoms with Gasteiger partial charge in [0.05, 0.1) is 5.88 Å². The Balaban J connectivity index is 2.13. The molecule has 2 rings (SSSR count). The highest BCUT2D eigenvalue weighted by molar-refractivity contribution is 6.16. The molecule has 4 heteroatoms. The number of halogens is 1. The molecule has 12 heavy (non-hydrogen) atoms. The van der Waals surface area contributed by atoms with Crippen molar-refractivity contribution in [1.29, 1.82) is 0 Å². The van der Waals surface area contributed by atoms with Crippen molar-refractivity contribution < 1.29 is 0 Å². The Bertz CT molecular complexity index is 278. The smallest absolute Gasteiger partial charge is 0.147 e. The van der Waals surface area contributed by atoms with E-state index >= 15 is 0 Å². The minimum atomic E-state index is 0.453. The molecule has 0 radical (unpaired) electrons. The van der Waals surface area contributed by atoms with Crippen LogP contribution < -0.4 is 0 Å². The van der Waals surface area contributed by atoms with Crippen molar-refractivity contribution in [2.75, 3.05) is 0 Å². The Labute approximate surface area is 76.7 Å². The lowest BCUT2D eigenvalue weighted by Crippen LogP contribution is -2.01. The van der Waals surface area contributed by atoms with Gasteiger partial charge in [0.15, 0.2) is 0 Å². The summed E-state index contributed by atoms with van der Waals surface area (Å²) in [6, 6.07) is 0. The second-order valence-corrected chi connectivity index (χ2v) is 3.64. The van der Waals surface area contributed by atoms with E-state index in [4.69, 9.17) is 11.6 Å². The van der Waals surface area contributed by atoms with Crippen molar-refractivity contribution in [3.8, 4) is 0 Å². The van der Waals surface area contributed by atoms with Gasteiger partial charge in [0.2, 0.25) is 0 Å². The maximum Gasteiger partial charge on any atom is 0.147 e. The van der Waals surface area contributed by atoms with E-state index in [0.717, 1.165) is 24.0 Å². The van der Waals surface area contributed by atoms with Crippen LogP contribution in [0.4, 0.5) is 0 Å². The van der Waals surface area contributed by atoms with Gasteiger partial charge in [0.25, 0.3) is 0 Å². The normalized spacial score (nSPS) is 16.8. The molecule has 0 atom stereocenters. The van der Waals surface area contributed by atoms with Gasteiger partial charge in [0.1, 0.15) is 11.6 Å². The molecule has 1 heterocycles. The van der Waals surface area contributed by atoms with Gasteiger partial charge in [-0.05, 0) is 18.8 Å². The molecule has 0 aliphatic heterocycles. The van der Waals surface area contributed by atoms with Crippen LogP contribution in [0.2, 0.25) is 0 Å². The zero-order valence-corrected chi connectivity index (χ0v) is 7.88. The number of rotatable bonds is 3. The summed E-state index contributed by atoms with van der Waals surface area (Å²) in [5.74, 6) is 3.25. The van der Waals surface area contributed by atoms with Gasteiger partial charge in [-0.1, -0.05) is 0 Å². The lowest BCUT2D eigenvalue weighted by molar-refractivity contribution is 0.706. The van der Waals surface area contributed by atoms with E-state index in [9.17, 15) is 0 Å². The second kappa shape index (κ2) is 3.05. The zero-order valence-electron chi connectivity index (χ0n) is 7.13. The first-order valence-corrected chi connectivity index (χ1v) is 4.78. The van der Waals surface area contributed by atoms with Crippen LogP contribution in [0.25, 0.3) is 0 Å². The van der Waals surface area contributed by atoms with Crippen LogP contribution in [-0.2, 0) is 19.3 Å². The van der Waals surface area contributed by atoms with Crippen molar-refractivity contribution in [2.45, 2.75) is 25.1 Å². The maximum atomic E-state index is 5.67. The Kier molecular flexibility index (Phi) is 2.05. The molecule has 0 aromatic carbocycles. The lowest BCUT2D eigenvalue weighted by atomic mass is 10.3. The van der Waals surface area contributed by atoms with Gasteiger partial charge >= 0.3 is 0 Å². The molecule has 1 fully saturated rings. The highest BCUT2D eigenvalue weighted by Gasteiger charge is 2.24. The van der Waals surface area contributed by atoms with E-state index in [1.54, 1.807) is 0 Å². The van der Waals surface area contributed by atoms with Crippen molar-refractivity contribution in [3.05, 3.63) is 11.6 Å². The molecule has 0 N–H and O–H groups in total. The largest absolute Gasteiger partial charge is 0.317 e. The summed E-state index contributed by atoms with van der Waals surface area (Å²) in [6.45, 7) is 0. The molecular formula is C8H12ClN3. The lowest BCUT2D eigenvalue weighted by Gasteiger charge is -1.99. The molecule has 0 saturated heterocycles. The van der Waals surface area contributed by atoms with Crippen LogP contribution in [0.5, 0.6) is 0 Å². The van der Waals surface area contributed by atoms with Crippen LogP contribution in [-0.4, -0.2) is 14.8 Å². The van der Waals surface area contributed by atoms with E-state index in [-0.39, 0.29) is 0 Å². The van der Waals surface area contributed by atoms with E-state index in [1.165, 1.54) is 12.8 Å². The molecule has 1 aromatic rings. The number of alkyl halides is 1. The summed E-state index contributed by atoms with van der Waals surface area (Å²) in [5.41, 5.74) is 0. The van der Waals surface area contributed by atoms with Crippen molar-refractivity contribution in [1.82, 2.24) is 14.8 Å². The van der Waals surface area contributed by atoms with Crippen molar-refractivity contribution in [2.24, 2.45) is 13.0 Å². The van der Waals surface area contributed by atoms with Crippen LogP contribution >= 0.6 is 11.6 Å². The molecule has 66 valence electrons. The summed E-state index contributed by atoms with van der Waals surface area (Å²) in [7, 11) is 1.98. The molecule has 3 nitrogen and oxygen atoms in total. The highest BCUT2D eigenvalue weighted by atomic mass is 35.5. The van der Waals surface area contributed by atoms with Crippen LogP contribution in [0.3, 0.4) is 0 Å². The number of hydrogen-bond acceptors (Lipinski definition) is 2. The number of aromatic nitrogens is 3. The third kappa shape index (κ3) is 1.46. The van der Waals surface area contributed by atoms with Gasteiger partial charge in [-0.25, -0.2) is 0 Å². The van der Waals surface area contributed by atoms with Crippen LogP contribution in [0, 0.1) is 5.92 Å². The van der Waals surface area contributed by atoms with Crippen LogP contribution in [0.15, 0.2) is 0 Å². The van der Waals surface area contributed by atoms with E-state index in [1.807, 2.05) is 11.6 Å². The maximum absolute atomic E-state index is 5.67. The fourth-order valence-electron chi connectivity index (χ4n) is 1.27. The van der Waals surface area contributed by atoms with Gasteiger partial charge in [-0.2, -0.15) is 0 Å². The molecule has 1 aliphatic carbocycles. The predicted molar refractivity (Wildman–Crippen MR) is 47.0 cm³/mol. The first-order valence-electron chi connectivity index (χ1n) is 4.24. The second-order valence-electron chi connectivity index (χ2n) is 3.37. The summed E-state index contributed by atoms with van der Waals surface area (Å²) in [4.78, 5) is 0. The Hall–Kier alpha value is -0.570. The molecule has 0 spiro atoms. The topological polar surface area (TPSA) is 30.7 Å². The monoisotopic (exact) mass is 185 g/mol. The van der Waals surface area contributed by atoms with Gasteiger partial charge in [0, 0.05) is 13.5 Å². The summed E-state index contributed by atoms with van der Waals surface area (Å²) in [6.07, 6.45) is 3.77. The van der Waals surface area contributed by atoms with Crippen molar-refractivity contribution >= 4 is 11.6 Å². The standard InChI is InChI=1S/C8H12ClN3/c1-12-7(4-6-2-3-6)10-11-8(12)5-9/h6H,2-5H2,1H3. The minimum Gasteiger partial charge on any atom is -0.317 e. The molecular weight excluding hydrogens is 174 g/mol. The summed E-state index contributed by atoms with van der Waals surface area (Å²) in [5, 5.41) is 8.09. The fourth-order valence-corrected chi connectivity index (χ4v) is 1.51. The highest BCUT2D eigenvalue weighted by Crippen LogP contribution is 2.31. The third-order valence-corrected chi connectivity index (χ3v) is 2.58. The Morgan fingerprint density at radius 1 is 1.42 bits per heavy atom. The SMILES string of the molecule is Cn1c(CCl)nnc1CC1CC1. The molecule has 1 aliphatic rings. The van der Waals surface area contributed by atoms with Gasteiger partial charge < -0.3 is 4.57 Å². The Morgan fingerprint density at radius 3 is 2.58 bits per heavy atom. The molecule has 0 unspecified atom stereocenters. The van der Waals surface area contributed by atoms with Gasteiger partial charge in [-0.3, -0.25) is 0 Å². The Morgan fingerprint density at radius 2 is 2.08 bits per heavy atom. The minimum absolute atomic E-state index is 0.453. The van der Waals surface area contributed by atoms with Gasteiger partial charge in [-0.15, -0.1) is 21.8 Å². The number of hydrogen-bond donors (Lipinski definition) is 0. The van der Waals surface area contributed by atoms with E-state index < -0.39 is 0 Å². The number of nitrogens with zero attached hydrogens (tertiary/aromatic N) is 3. The van der Waals surface area contributed by atoms with Crippen molar-refractivity contribution in [3.63, 3.8) is 0 Å². The van der Waals surface area contributed by atoms with E-state index in [2.05, 4.69) is 10.2 Å². The first-order chi connectivity index (χ1) is 5.81. The first kappa shape index (κ1) is 8.05. The quantitative estimate of drug-likeness (QED) is 0.669. The average Bonchev–Trinajstić information content (AvgIpc) is 2.80. The van der Waals surface area contributed by atoms with E-state index in [0.29, 0.717) is 5.88 Å². The summed E-state index contributed by atoms with van der Waals surface area (Å²) < 4.78 is 2.01. The molecule has 0 amide bonds. The predicted octanol–water partition coefficient (Wildman–Crippen LogP) is 1.51. The third-order valence-electron chi connectivity index (χ3n) is 2.34. The zero-order chi connectivity index (χ0) is 8.55.